The molecule has 0 aliphatic heterocycles. The first-order chi connectivity index (χ1) is 6.76. The van der Waals surface area contributed by atoms with Gasteiger partial charge in [0.2, 0.25) is 5.71 Å². The quantitative estimate of drug-likeness (QED) is 0.288. The van der Waals surface area contributed by atoms with Crippen molar-refractivity contribution in [3.05, 3.63) is 0 Å². The highest BCUT2D eigenvalue weighted by Gasteiger charge is 2.09. The van der Waals surface area contributed by atoms with E-state index in [9.17, 15) is 4.79 Å². The fraction of sp³-hybridized carbons (Fsp3) is 0.667. The van der Waals surface area contributed by atoms with Crippen molar-refractivity contribution in [2.75, 3.05) is 6.54 Å². The third-order valence-corrected chi connectivity index (χ3v) is 1.74. The number of nitriles is 1. The zero-order chi connectivity index (χ0) is 10.8. The van der Waals surface area contributed by atoms with Crippen LogP contribution in [0.5, 0.6) is 0 Å². The third-order valence-electron chi connectivity index (χ3n) is 1.74. The molecule has 0 saturated carbocycles. The summed E-state index contributed by atoms with van der Waals surface area (Å²) in [6, 6.07) is 1.49. The number of nitrogens with zero attached hydrogens (tertiary/aromatic N) is 2. The van der Waals surface area contributed by atoms with Gasteiger partial charge in [-0.3, -0.25) is 4.79 Å². The molecule has 0 radical (unpaired) electrons. The van der Waals surface area contributed by atoms with E-state index in [0.29, 0.717) is 6.54 Å². The molecule has 0 fully saturated rings. The average Bonchev–Trinajstić information content (AvgIpc) is 2.19. The van der Waals surface area contributed by atoms with Crippen LogP contribution in [0.15, 0.2) is 5.16 Å². The molecule has 78 valence electrons. The lowest BCUT2D eigenvalue weighted by Gasteiger charge is -2.01. The van der Waals surface area contributed by atoms with E-state index in [1.807, 2.05) is 0 Å². The summed E-state index contributed by atoms with van der Waals surface area (Å²) >= 11 is 0. The van der Waals surface area contributed by atoms with Gasteiger partial charge in [0.15, 0.2) is 0 Å². The Morgan fingerprint density at radius 2 is 2.21 bits per heavy atom. The van der Waals surface area contributed by atoms with Crippen LogP contribution in [0.3, 0.4) is 0 Å². The second-order valence-electron chi connectivity index (χ2n) is 2.88. The summed E-state index contributed by atoms with van der Waals surface area (Å²) < 4.78 is 0. The summed E-state index contributed by atoms with van der Waals surface area (Å²) in [5.74, 6) is -0.619. The Hall–Kier alpha value is -1.57. The first-order valence-corrected chi connectivity index (χ1v) is 4.66. The number of amides is 1. The molecule has 2 N–H and O–H groups in total. The van der Waals surface area contributed by atoms with Crippen LogP contribution in [0.1, 0.15) is 32.6 Å². The minimum absolute atomic E-state index is 0.500. The zero-order valence-corrected chi connectivity index (χ0v) is 8.29. The molecule has 0 spiro atoms. The smallest absolute Gasteiger partial charge is 0.284 e. The van der Waals surface area contributed by atoms with Crippen molar-refractivity contribution in [2.45, 2.75) is 32.6 Å². The maximum absolute atomic E-state index is 11.0. The molecule has 0 unspecified atom stereocenters. The van der Waals surface area contributed by atoms with E-state index >= 15 is 0 Å². The molecule has 1 amide bonds. The fourth-order valence-corrected chi connectivity index (χ4v) is 0.956. The van der Waals surface area contributed by atoms with Crippen LogP contribution in [0.25, 0.3) is 0 Å². The monoisotopic (exact) mass is 197 g/mol. The van der Waals surface area contributed by atoms with E-state index in [4.69, 9.17) is 10.5 Å². The van der Waals surface area contributed by atoms with E-state index in [1.165, 1.54) is 6.07 Å². The van der Waals surface area contributed by atoms with Gasteiger partial charge in [0.05, 0.1) is 0 Å². The first-order valence-electron chi connectivity index (χ1n) is 4.66. The van der Waals surface area contributed by atoms with Crippen molar-refractivity contribution in [1.29, 1.82) is 5.26 Å². The van der Waals surface area contributed by atoms with Crippen LogP contribution in [-0.2, 0) is 4.79 Å². The number of oxime groups is 1. The van der Waals surface area contributed by atoms with Gasteiger partial charge in [-0.05, 0) is 6.42 Å². The highest BCUT2D eigenvalue weighted by molar-refractivity contribution is 6.44. The van der Waals surface area contributed by atoms with E-state index in [1.54, 1.807) is 0 Å². The molecule has 5 nitrogen and oxygen atoms in total. The van der Waals surface area contributed by atoms with E-state index in [2.05, 4.69) is 17.4 Å². The van der Waals surface area contributed by atoms with Gasteiger partial charge in [0.25, 0.3) is 5.91 Å². The van der Waals surface area contributed by atoms with E-state index in [0.717, 1.165) is 25.7 Å². The van der Waals surface area contributed by atoms with Crippen LogP contribution in [0, 0.1) is 11.3 Å². The highest BCUT2D eigenvalue weighted by Crippen LogP contribution is 1.96. The molecule has 0 aliphatic rings. The summed E-state index contributed by atoms with van der Waals surface area (Å²) in [7, 11) is 0. The molecule has 14 heavy (non-hydrogen) atoms. The number of carbonyl (C=O) groups excluding carboxylic acids is 1. The summed E-state index contributed by atoms with van der Waals surface area (Å²) in [6.45, 7) is 2.62. The number of carbonyl (C=O) groups is 1. The number of hydrogen-bond donors (Lipinski definition) is 2. The predicted octanol–water partition coefficient (Wildman–Crippen LogP) is 1.04. The van der Waals surface area contributed by atoms with Gasteiger partial charge in [-0.1, -0.05) is 31.3 Å². The Morgan fingerprint density at radius 3 is 2.71 bits per heavy atom. The zero-order valence-electron chi connectivity index (χ0n) is 8.29. The van der Waals surface area contributed by atoms with Crippen LogP contribution in [0.4, 0.5) is 0 Å². The second-order valence-corrected chi connectivity index (χ2v) is 2.88. The lowest BCUT2D eigenvalue weighted by molar-refractivity contribution is -0.114. The van der Waals surface area contributed by atoms with Crippen molar-refractivity contribution in [3.8, 4) is 6.07 Å². The van der Waals surface area contributed by atoms with Gasteiger partial charge >= 0.3 is 0 Å². The third kappa shape index (κ3) is 5.14. The SMILES string of the molecule is CCCCCCNC(=O)/C(C#N)=N/O. The van der Waals surface area contributed by atoms with Crippen LogP contribution in [-0.4, -0.2) is 23.4 Å². The van der Waals surface area contributed by atoms with Crippen molar-refractivity contribution < 1.29 is 10.0 Å². The van der Waals surface area contributed by atoms with Crippen molar-refractivity contribution in [1.82, 2.24) is 5.32 Å². The molecular weight excluding hydrogens is 182 g/mol. The maximum atomic E-state index is 11.0. The normalized spacial score (nSPS) is 10.7. The molecule has 0 saturated heterocycles. The van der Waals surface area contributed by atoms with Crippen molar-refractivity contribution >= 4 is 11.6 Å². The number of hydrogen-bond acceptors (Lipinski definition) is 4. The molecule has 0 aromatic heterocycles. The van der Waals surface area contributed by atoms with Crippen LogP contribution in [0.2, 0.25) is 0 Å². The maximum Gasteiger partial charge on any atom is 0.284 e. The minimum atomic E-state index is -0.619. The van der Waals surface area contributed by atoms with E-state index in [-0.39, 0.29) is 0 Å². The molecule has 0 bridgehead atoms. The van der Waals surface area contributed by atoms with Gasteiger partial charge < -0.3 is 10.5 Å². The van der Waals surface area contributed by atoms with Gasteiger partial charge in [-0.15, -0.1) is 0 Å². The van der Waals surface area contributed by atoms with Gasteiger partial charge in [0, 0.05) is 6.54 Å². The lowest BCUT2D eigenvalue weighted by Crippen LogP contribution is -2.31. The highest BCUT2D eigenvalue weighted by atomic mass is 16.4. The molecule has 0 rings (SSSR count). The standard InChI is InChI=1S/C9H15N3O2/c1-2-3-4-5-6-11-9(13)8(7-10)12-14/h14H,2-6H2,1H3,(H,11,13)/b12-8+. The first kappa shape index (κ1) is 12.4. The Kier molecular flexibility index (Phi) is 7.15. The van der Waals surface area contributed by atoms with Crippen LogP contribution < -0.4 is 5.32 Å². The Balaban J connectivity index is 3.60. The van der Waals surface area contributed by atoms with Gasteiger partial charge in [0.1, 0.15) is 6.07 Å². The molecular formula is C9H15N3O2. The molecule has 0 heterocycles. The number of nitrogens with one attached hydrogen (secondary N) is 1. The van der Waals surface area contributed by atoms with Crippen LogP contribution >= 0.6 is 0 Å². The molecule has 5 heteroatoms. The van der Waals surface area contributed by atoms with Crippen molar-refractivity contribution in [3.63, 3.8) is 0 Å². The summed E-state index contributed by atoms with van der Waals surface area (Å²) in [5, 5.41) is 21.6. The van der Waals surface area contributed by atoms with Gasteiger partial charge in [-0.25, -0.2) is 0 Å². The fourth-order valence-electron chi connectivity index (χ4n) is 0.956. The van der Waals surface area contributed by atoms with Crippen molar-refractivity contribution in [2.24, 2.45) is 5.16 Å². The minimum Gasteiger partial charge on any atom is -0.410 e. The lowest BCUT2D eigenvalue weighted by atomic mass is 10.2. The summed E-state index contributed by atoms with van der Waals surface area (Å²) in [6.07, 6.45) is 4.20. The number of unbranched alkanes of at least 4 members (excludes halogenated alkanes) is 3. The molecule has 0 atom stereocenters. The average molecular weight is 197 g/mol. The predicted molar refractivity (Wildman–Crippen MR) is 52.0 cm³/mol. The Morgan fingerprint density at radius 1 is 1.50 bits per heavy atom. The van der Waals surface area contributed by atoms with Gasteiger partial charge in [-0.2, -0.15) is 5.26 Å². The summed E-state index contributed by atoms with van der Waals surface area (Å²) in [5.41, 5.74) is -0.500. The molecule has 0 aromatic rings. The Bertz CT molecular complexity index is 243. The molecule has 0 aliphatic carbocycles. The molecule has 0 aromatic carbocycles. The summed E-state index contributed by atoms with van der Waals surface area (Å²) in [4.78, 5) is 11.0. The van der Waals surface area contributed by atoms with E-state index < -0.39 is 11.6 Å². The topological polar surface area (TPSA) is 85.5 Å². The second kappa shape index (κ2) is 8.05. The number of rotatable bonds is 6. The Labute approximate surface area is 83.4 Å². The largest absolute Gasteiger partial charge is 0.410 e.